The maximum atomic E-state index is 11.9. The van der Waals surface area contributed by atoms with Gasteiger partial charge in [0.15, 0.2) is 0 Å². The number of carboxylic acid groups (broad SMARTS) is 1. The minimum Gasteiger partial charge on any atom is -0.548 e. The van der Waals surface area contributed by atoms with Gasteiger partial charge in [-0.15, -0.1) is 0 Å². The largest absolute Gasteiger partial charge is 0.548 e. The highest BCUT2D eigenvalue weighted by Gasteiger charge is 2.23. The van der Waals surface area contributed by atoms with Crippen molar-refractivity contribution in [2.24, 2.45) is 5.90 Å². The van der Waals surface area contributed by atoms with E-state index in [1.54, 1.807) is 21.6 Å². The van der Waals surface area contributed by atoms with Crippen molar-refractivity contribution in [3.63, 3.8) is 0 Å². The highest BCUT2D eigenvalue weighted by atomic mass is 33.1. The predicted molar refractivity (Wildman–Crippen MR) is 85.4 cm³/mol. The average molecular weight is 337 g/mol. The molecule has 2 N–H and O–H groups in total. The molecule has 0 aromatic carbocycles. The van der Waals surface area contributed by atoms with Gasteiger partial charge in [0, 0.05) is 24.0 Å². The van der Waals surface area contributed by atoms with Gasteiger partial charge in [0.2, 0.25) is 5.91 Å². The standard InChI is InChI=1S/C13H26N2O4S2/c1-10(12(17)18)15(4)11(16)6-7-13(2,3)21-20-9-5-8-19-14/h10H,5-9,14H2,1-4H3,(H,17,18)/p-1/t10-/m0/s1. The zero-order valence-electron chi connectivity index (χ0n) is 13.1. The number of carbonyl (C=O) groups is 2. The number of aliphatic carboxylic acids is 1. The third-order valence-electron chi connectivity index (χ3n) is 3.03. The van der Waals surface area contributed by atoms with E-state index in [0.717, 1.165) is 12.2 Å². The fraction of sp³-hybridized carbons (Fsp3) is 0.846. The highest BCUT2D eigenvalue weighted by molar-refractivity contribution is 8.77. The van der Waals surface area contributed by atoms with Crippen molar-refractivity contribution in [3.05, 3.63) is 0 Å². The zero-order chi connectivity index (χ0) is 16.5. The number of amides is 1. The number of carbonyl (C=O) groups excluding carboxylic acids is 2. The molecule has 0 saturated carbocycles. The molecule has 0 aromatic heterocycles. The van der Waals surface area contributed by atoms with E-state index < -0.39 is 12.0 Å². The van der Waals surface area contributed by atoms with E-state index >= 15 is 0 Å². The van der Waals surface area contributed by atoms with Crippen molar-refractivity contribution in [1.29, 1.82) is 0 Å². The zero-order valence-corrected chi connectivity index (χ0v) is 14.7. The lowest BCUT2D eigenvalue weighted by atomic mass is 10.1. The highest BCUT2D eigenvalue weighted by Crippen LogP contribution is 2.39. The molecule has 124 valence electrons. The monoisotopic (exact) mass is 337 g/mol. The van der Waals surface area contributed by atoms with Gasteiger partial charge in [0.25, 0.3) is 0 Å². The minimum absolute atomic E-state index is 0.0601. The molecule has 0 radical (unpaired) electrons. The number of carboxylic acids is 1. The van der Waals surface area contributed by atoms with Crippen LogP contribution in [0.3, 0.4) is 0 Å². The molecule has 0 aliphatic carbocycles. The molecular weight excluding hydrogens is 312 g/mol. The van der Waals surface area contributed by atoms with Gasteiger partial charge in [-0.1, -0.05) is 21.6 Å². The van der Waals surface area contributed by atoms with E-state index in [-0.39, 0.29) is 10.7 Å². The summed E-state index contributed by atoms with van der Waals surface area (Å²) in [6.07, 6.45) is 1.89. The van der Waals surface area contributed by atoms with Crippen molar-refractivity contribution >= 4 is 33.5 Å². The Labute approximate surface area is 134 Å². The molecular formula is C13H25N2O4S2-. The third kappa shape index (κ3) is 9.23. The molecule has 0 fully saturated rings. The van der Waals surface area contributed by atoms with Crippen LogP contribution < -0.4 is 11.0 Å². The van der Waals surface area contributed by atoms with Crippen LogP contribution in [0, 0.1) is 0 Å². The molecule has 21 heavy (non-hydrogen) atoms. The van der Waals surface area contributed by atoms with Crippen LogP contribution in [0.2, 0.25) is 0 Å². The Hall–Kier alpha value is -0.440. The fourth-order valence-electron chi connectivity index (χ4n) is 1.40. The summed E-state index contributed by atoms with van der Waals surface area (Å²) in [6, 6.07) is -0.904. The number of hydrogen-bond acceptors (Lipinski definition) is 7. The minimum atomic E-state index is -1.24. The number of nitrogens with two attached hydrogens (primary N) is 1. The number of hydrogen-bond donors (Lipinski definition) is 1. The van der Waals surface area contributed by atoms with Crippen molar-refractivity contribution in [3.8, 4) is 0 Å². The molecule has 0 unspecified atom stereocenters. The second-order valence-electron chi connectivity index (χ2n) is 5.39. The van der Waals surface area contributed by atoms with E-state index in [9.17, 15) is 14.7 Å². The summed E-state index contributed by atoms with van der Waals surface area (Å²) in [6.45, 7) is 6.12. The maximum Gasteiger partial charge on any atom is 0.222 e. The Balaban J connectivity index is 4.06. The van der Waals surface area contributed by atoms with E-state index in [2.05, 4.69) is 18.7 Å². The molecule has 0 spiro atoms. The molecule has 0 bridgehead atoms. The summed E-state index contributed by atoms with van der Waals surface area (Å²) in [5.41, 5.74) is 0. The van der Waals surface area contributed by atoms with Crippen molar-refractivity contribution in [2.75, 3.05) is 19.4 Å². The van der Waals surface area contributed by atoms with E-state index in [4.69, 9.17) is 5.90 Å². The Morgan fingerprint density at radius 1 is 1.43 bits per heavy atom. The maximum absolute atomic E-state index is 11.9. The van der Waals surface area contributed by atoms with Crippen LogP contribution in [0.15, 0.2) is 0 Å². The molecule has 0 rings (SSSR count). The normalized spacial score (nSPS) is 13.0. The van der Waals surface area contributed by atoms with Gasteiger partial charge in [0.1, 0.15) is 0 Å². The van der Waals surface area contributed by atoms with Gasteiger partial charge in [-0.05, 0) is 33.6 Å². The number of rotatable bonds is 11. The Morgan fingerprint density at radius 3 is 2.57 bits per heavy atom. The molecule has 0 aromatic rings. The summed E-state index contributed by atoms with van der Waals surface area (Å²) < 4.78 is -0.0601. The predicted octanol–water partition coefficient (Wildman–Crippen LogP) is 0.804. The Morgan fingerprint density at radius 2 is 2.05 bits per heavy atom. The van der Waals surface area contributed by atoms with Gasteiger partial charge in [0.05, 0.1) is 18.6 Å². The quantitative estimate of drug-likeness (QED) is 0.338. The van der Waals surface area contributed by atoms with Gasteiger partial charge >= 0.3 is 0 Å². The first-order chi connectivity index (χ1) is 9.71. The lowest BCUT2D eigenvalue weighted by Gasteiger charge is -2.28. The molecule has 0 saturated heterocycles. The summed E-state index contributed by atoms with van der Waals surface area (Å²) in [5, 5.41) is 10.7. The average Bonchev–Trinajstić information content (AvgIpc) is 2.42. The van der Waals surface area contributed by atoms with Gasteiger partial charge in [-0.25, -0.2) is 5.90 Å². The summed E-state index contributed by atoms with van der Waals surface area (Å²) in [5.74, 6) is 4.46. The van der Waals surface area contributed by atoms with Gasteiger partial charge in [-0.3, -0.25) is 4.79 Å². The molecule has 0 heterocycles. The van der Waals surface area contributed by atoms with Crippen LogP contribution in [0.4, 0.5) is 0 Å². The van der Waals surface area contributed by atoms with Crippen molar-refractivity contribution in [2.45, 2.75) is 50.8 Å². The fourth-order valence-corrected chi connectivity index (χ4v) is 4.04. The smallest absolute Gasteiger partial charge is 0.222 e. The SMILES string of the molecule is C[C@@H](C(=O)[O-])N(C)C(=O)CCC(C)(C)SSCCCON. The van der Waals surface area contributed by atoms with E-state index in [1.807, 2.05) is 0 Å². The summed E-state index contributed by atoms with van der Waals surface area (Å²) in [4.78, 5) is 28.4. The van der Waals surface area contributed by atoms with Crippen LogP contribution in [0.5, 0.6) is 0 Å². The van der Waals surface area contributed by atoms with Crippen LogP contribution in [-0.2, 0) is 14.4 Å². The van der Waals surface area contributed by atoms with E-state index in [1.165, 1.54) is 18.9 Å². The van der Waals surface area contributed by atoms with Crippen LogP contribution >= 0.6 is 21.6 Å². The lowest BCUT2D eigenvalue weighted by Crippen LogP contribution is -2.47. The number of likely N-dealkylation sites (N-methyl/N-ethyl adjacent to an activating group) is 1. The number of nitrogens with zero attached hydrogens (tertiary/aromatic N) is 1. The molecule has 8 heteroatoms. The van der Waals surface area contributed by atoms with E-state index in [0.29, 0.717) is 19.4 Å². The topological polar surface area (TPSA) is 95.7 Å². The second-order valence-corrected chi connectivity index (χ2v) is 8.51. The molecule has 0 aliphatic heterocycles. The molecule has 1 atom stereocenters. The second kappa shape index (κ2) is 10.3. The molecule has 1 amide bonds. The van der Waals surface area contributed by atoms with Crippen LogP contribution in [0.25, 0.3) is 0 Å². The molecule has 6 nitrogen and oxygen atoms in total. The Bertz CT molecular complexity index is 340. The first-order valence-corrected chi connectivity index (χ1v) is 9.12. The van der Waals surface area contributed by atoms with Gasteiger partial charge in [-0.2, -0.15) is 0 Å². The third-order valence-corrected chi connectivity index (χ3v) is 6.47. The summed E-state index contributed by atoms with van der Waals surface area (Å²) in [7, 11) is 4.93. The summed E-state index contributed by atoms with van der Waals surface area (Å²) >= 11 is 0. The Kier molecular flexibility index (Phi) is 10.1. The van der Waals surface area contributed by atoms with Crippen LogP contribution in [0.1, 0.15) is 40.0 Å². The van der Waals surface area contributed by atoms with Crippen molar-refractivity contribution < 1.29 is 19.5 Å². The van der Waals surface area contributed by atoms with Gasteiger partial charge < -0.3 is 19.6 Å². The van der Waals surface area contributed by atoms with Crippen LogP contribution in [-0.4, -0.2) is 47.0 Å². The first kappa shape index (κ1) is 20.6. The van der Waals surface area contributed by atoms with Crippen molar-refractivity contribution in [1.82, 2.24) is 4.90 Å². The molecule has 0 aliphatic rings. The lowest BCUT2D eigenvalue weighted by molar-refractivity contribution is -0.310. The first-order valence-electron chi connectivity index (χ1n) is 6.80.